The first-order valence-corrected chi connectivity index (χ1v) is 6.27. The third-order valence-corrected chi connectivity index (χ3v) is 3.58. The zero-order valence-electron chi connectivity index (χ0n) is 9.93. The lowest BCUT2D eigenvalue weighted by Crippen LogP contribution is -2.20. The van der Waals surface area contributed by atoms with Crippen molar-refractivity contribution in [3.63, 3.8) is 0 Å². The molecule has 96 valence electrons. The maximum absolute atomic E-state index is 13.7. The van der Waals surface area contributed by atoms with Crippen LogP contribution in [0.25, 0.3) is 0 Å². The van der Waals surface area contributed by atoms with Gasteiger partial charge in [-0.2, -0.15) is 0 Å². The minimum atomic E-state index is -0.912. The molecule has 0 saturated heterocycles. The van der Waals surface area contributed by atoms with E-state index in [1.54, 1.807) is 7.05 Å². The first kappa shape index (κ1) is 13.1. The summed E-state index contributed by atoms with van der Waals surface area (Å²) >= 11 is 1.50. The summed E-state index contributed by atoms with van der Waals surface area (Å²) in [4.78, 5) is 1.05. The molecule has 0 amide bonds. The predicted molar refractivity (Wildman–Crippen MR) is 66.3 cm³/mol. The molecule has 0 aliphatic rings. The topological polar surface area (TPSA) is 12.0 Å². The molecule has 1 unspecified atom stereocenters. The zero-order chi connectivity index (χ0) is 13.3. The van der Waals surface area contributed by atoms with Crippen LogP contribution in [0.15, 0.2) is 23.6 Å². The maximum atomic E-state index is 13.7. The van der Waals surface area contributed by atoms with Crippen LogP contribution >= 0.6 is 11.3 Å². The Kier molecular flexibility index (Phi) is 3.73. The summed E-state index contributed by atoms with van der Waals surface area (Å²) in [5.41, 5.74) is 0.612. The van der Waals surface area contributed by atoms with Gasteiger partial charge in [0.15, 0.2) is 0 Å². The van der Waals surface area contributed by atoms with Crippen molar-refractivity contribution in [2.45, 2.75) is 13.0 Å². The van der Waals surface area contributed by atoms with E-state index in [1.165, 1.54) is 11.3 Å². The van der Waals surface area contributed by atoms with Gasteiger partial charge in [-0.25, -0.2) is 13.2 Å². The highest BCUT2D eigenvalue weighted by Crippen LogP contribution is 2.30. The second-order valence-corrected chi connectivity index (χ2v) is 5.11. The van der Waals surface area contributed by atoms with Gasteiger partial charge in [0.1, 0.15) is 17.5 Å². The van der Waals surface area contributed by atoms with Crippen molar-refractivity contribution in [2.24, 2.45) is 0 Å². The molecule has 2 rings (SSSR count). The average molecular weight is 271 g/mol. The maximum Gasteiger partial charge on any atom is 0.134 e. The molecule has 1 aromatic heterocycles. The Hall–Kier alpha value is -1.33. The smallest absolute Gasteiger partial charge is 0.134 e. The van der Waals surface area contributed by atoms with E-state index < -0.39 is 23.5 Å². The fraction of sp³-hybridized carbons (Fsp3) is 0.231. The lowest BCUT2D eigenvalue weighted by molar-refractivity contribution is 0.500. The highest BCUT2D eigenvalue weighted by Gasteiger charge is 2.22. The Labute approximate surface area is 107 Å². The quantitative estimate of drug-likeness (QED) is 0.895. The predicted octanol–water partition coefficient (Wildman–Crippen LogP) is 3.78. The van der Waals surface area contributed by atoms with Crippen molar-refractivity contribution in [1.29, 1.82) is 0 Å². The molecule has 0 spiro atoms. The number of benzene rings is 1. The molecule has 0 fully saturated rings. The second kappa shape index (κ2) is 5.12. The first-order chi connectivity index (χ1) is 8.52. The molecule has 18 heavy (non-hydrogen) atoms. The van der Waals surface area contributed by atoms with Gasteiger partial charge in [-0.3, -0.25) is 0 Å². The minimum absolute atomic E-state index is 0.156. The monoisotopic (exact) mass is 271 g/mol. The van der Waals surface area contributed by atoms with Gasteiger partial charge in [0, 0.05) is 22.6 Å². The Bertz CT molecular complexity index is 542. The van der Waals surface area contributed by atoms with Gasteiger partial charge in [-0.05, 0) is 31.0 Å². The Morgan fingerprint density at radius 3 is 2.17 bits per heavy atom. The zero-order valence-corrected chi connectivity index (χ0v) is 10.7. The number of aryl methyl sites for hydroxylation is 1. The van der Waals surface area contributed by atoms with Crippen LogP contribution in [0.1, 0.15) is 22.0 Å². The van der Waals surface area contributed by atoms with Crippen LogP contribution in [0, 0.1) is 24.4 Å². The van der Waals surface area contributed by atoms with E-state index in [-0.39, 0.29) is 5.56 Å². The van der Waals surface area contributed by atoms with E-state index >= 15 is 0 Å². The van der Waals surface area contributed by atoms with E-state index in [0.29, 0.717) is 12.1 Å². The summed E-state index contributed by atoms with van der Waals surface area (Å²) in [6.45, 7) is 1.91. The van der Waals surface area contributed by atoms with E-state index in [4.69, 9.17) is 0 Å². The van der Waals surface area contributed by atoms with E-state index in [1.807, 2.05) is 18.4 Å². The molecule has 1 heterocycles. The van der Waals surface area contributed by atoms with Crippen molar-refractivity contribution in [3.8, 4) is 0 Å². The number of nitrogens with one attached hydrogen (secondary N) is 1. The fourth-order valence-corrected chi connectivity index (χ4v) is 2.65. The van der Waals surface area contributed by atoms with Crippen LogP contribution in [0.4, 0.5) is 13.2 Å². The molecular weight excluding hydrogens is 259 g/mol. The van der Waals surface area contributed by atoms with Crippen molar-refractivity contribution in [1.82, 2.24) is 5.32 Å². The molecule has 1 aromatic carbocycles. The first-order valence-electron chi connectivity index (χ1n) is 5.39. The van der Waals surface area contributed by atoms with Gasteiger partial charge in [-0.15, -0.1) is 11.3 Å². The van der Waals surface area contributed by atoms with Crippen LogP contribution in [-0.2, 0) is 0 Å². The van der Waals surface area contributed by atoms with Crippen LogP contribution < -0.4 is 5.32 Å². The Morgan fingerprint density at radius 2 is 1.72 bits per heavy atom. The highest BCUT2D eigenvalue weighted by molar-refractivity contribution is 7.10. The minimum Gasteiger partial charge on any atom is -0.309 e. The van der Waals surface area contributed by atoms with Crippen molar-refractivity contribution in [3.05, 3.63) is 57.0 Å². The Balaban J connectivity index is 2.51. The second-order valence-electron chi connectivity index (χ2n) is 4.00. The van der Waals surface area contributed by atoms with Crippen LogP contribution in [0.3, 0.4) is 0 Å². The Morgan fingerprint density at radius 1 is 1.11 bits per heavy atom. The molecule has 2 aromatic rings. The summed E-state index contributed by atoms with van der Waals surface area (Å²) < 4.78 is 40.3. The molecule has 0 radical (unpaired) electrons. The molecule has 0 saturated carbocycles. The summed E-state index contributed by atoms with van der Waals surface area (Å²) in [5, 5.41) is 4.69. The summed E-state index contributed by atoms with van der Waals surface area (Å²) in [5.74, 6) is -2.67. The van der Waals surface area contributed by atoms with E-state index in [2.05, 4.69) is 5.32 Å². The molecule has 0 aliphatic heterocycles. The van der Waals surface area contributed by atoms with Gasteiger partial charge in [0.05, 0.1) is 6.04 Å². The number of hydrogen-bond acceptors (Lipinski definition) is 2. The van der Waals surface area contributed by atoms with Gasteiger partial charge >= 0.3 is 0 Å². The fourth-order valence-electron chi connectivity index (χ4n) is 1.92. The third kappa shape index (κ3) is 2.42. The van der Waals surface area contributed by atoms with Crippen molar-refractivity contribution in [2.75, 3.05) is 7.05 Å². The molecule has 1 atom stereocenters. The highest BCUT2D eigenvalue weighted by atomic mass is 32.1. The van der Waals surface area contributed by atoms with Crippen LogP contribution in [-0.4, -0.2) is 7.05 Å². The summed E-state index contributed by atoms with van der Waals surface area (Å²) in [7, 11) is 1.61. The van der Waals surface area contributed by atoms with Gasteiger partial charge in [0.2, 0.25) is 0 Å². The van der Waals surface area contributed by atoms with Crippen LogP contribution in [0.2, 0.25) is 0 Å². The van der Waals surface area contributed by atoms with E-state index in [9.17, 15) is 13.2 Å². The average Bonchev–Trinajstić information content (AvgIpc) is 2.69. The molecule has 5 heteroatoms. The standard InChI is InChI=1S/C13H12F3NS/c1-7-3-8(6-18-7)13(17-2)12-10(15)4-9(14)5-11(12)16/h3-6,13,17H,1-2H3. The number of hydrogen-bond donors (Lipinski definition) is 1. The van der Waals surface area contributed by atoms with Gasteiger partial charge < -0.3 is 5.32 Å². The van der Waals surface area contributed by atoms with Gasteiger partial charge in [-0.1, -0.05) is 0 Å². The van der Waals surface area contributed by atoms with Crippen molar-refractivity contribution < 1.29 is 13.2 Å². The molecular formula is C13H12F3NS. The lowest BCUT2D eigenvalue weighted by atomic mass is 10.00. The van der Waals surface area contributed by atoms with E-state index in [0.717, 1.165) is 10.4 Å². The van der Waals surface area contributed by atoms with Gasteiger partial charge in [0.25, 0.3) is 0 Å². The summed E-state index contributed by atoms with van der Waals surface area (Å²) in [6, 6.07) is 2.63. The lowest BCUT2D eigenvalue weighted by Gasteiger charge is -2.17. The molecule has 0 bridgehead atoms. The SMILES string of the molecule is CNC(c1csc(C)c1)c1c(F)cc(F)cc1F. The molecule has 0 aliphatic carbocycles. The normalized spacial score (nSPS) is 12.7. The molecule has 1 N–H and O–H groups in total. The number of rotatable bonds is 3. The number of thiophene rings is 1. The summed E-state index contributed by atoms with van der Waals surface area (Å²) in [6.07, 6.45) is 0. The van der Waals surface area contributed by atoms with Crippen LogP contribution in [0.5, 0.6) is 0 Å². The third-order valence-electron chi connectivity index (χ3n) is 2.71. The number of halogens is 3. The molecule has 1 nitrogen and oxygen atoms in total. The van der Waals surface area contributed by atoms with Crippen molar-refractivity contribution >= 4 is 11.3 Å². The largest absolute Gasteiger partial charge is 0.309 e.